The molecule has 2 bridgehead atoms. The van der Waals surface area contributed by atoms with Gasteiger partial charge in [0.15, 0.2) is 0 Å². The van der Waals surface area contributed by atoms with E-state index in [4.69, 9.17) is 9.47 Å². The van der Waals surface area contributed by atoms with Gasteiger partial charge in [-0.15, -0.1) is 0 Å². The molecule has 3 aliphatic heterocycles. The Labute approximate surface area is 237 Å². The maximum absolute atomic E-state index is 14.4. The number of benzene rings is 1. The third kappa shape index (κ3) is 4.93. The molecule has 5 atom stereocenters. The Morgan fingerprint density at radius 1 is 0.950 bits per heavy atom. The predicted molar refractivity (Wildman–Crippen MR) is 152 cm³/mol. The minimum Gasteiger partial charge on any atom is -0.494 e. The van der Waals surface area contributed by atoms with Crippen LogP contribution in [0.1, 0.15) is 84.0 Å². The monoisotopic (exact) mass is 549 g/mol. The fourth-order valence-corrected chi connectivity index (χ4v) is 7.87. The number of carbonyl (C=O) groups excluding carboxylic acids is 3. The number of fused-ring (bicyclic) bond motifs is 1. The molecule has 2 saturated carbocycles. The highest BCUT2D eigenvalue weighted by molar-refractivity contribution is 6.03. The van der Waals surface area contributed by atoms with Crippen LogP contribution in [-0.2, 0) is 19.1 Å². The number of amides is 3. The molecule has 40 heavy (non-hydrogen) atoms. The maximum atomic E-state index is 14.4. The fourth-order valence-electron chi connectivity index (χ4n) is 7.87. The molecular formula is C32H43N3O5. The zero-order chi connectivity index (χ0) is 27.7. The molecule has 2 saturated heterocycles. The standard InChI is InChI=1S/C32H43N3O5/c1-2-39-24-17-15-22(16-18-24)33-29(36)26-25-19-20-32(40-25)27(26)31(38)35(23-13-9-4-3-5-10-14-23)28(32)30(37)34-21-11-7-6-8-12-21/h15-21,23,25-28H,2-14H2,1H3,(H,33,36)(H,34,37)/t25-,26+,27-,28-,32-/m0/s1. The van der Waals surface area contributed by atoms with Crippen LogP contribution in [0, 0.1) is 11.8 Å². The van der Waals surface area contributed by atoms with Crippen molar-refractivity contribution in [1.82, 2.24) is 10.2 Å². The number of anilines is 1. The lowest BCUT2D eigenvalue weighted by molar-refractivity contribution is -0.144. The Morgan fingerprint density at radius 3 is 2.30 bits per heavy atom. The van der Waals surface area contributed by atoms with Gasteiger partial charge in [0.05, 0.1) is 24.5 Å². The van der Waals surface area contributed by atoms with Gasteiger partial charge in [0.1, 0.15) is 17.4 Å². The van der Waals surface area contributed by atoms with E-state index in [0.29, 0.717) is 12.3 Å². The second-order valence-corrected chi connectivity index (χ2v) is 12.2. The first-order valence-corrected chi connectivity index (χ1v) is 15.6. The molecule has 0 aromatic heterocycles. The molecule has 6 rings (SSSR count). The molecule has 2 N–H and O–H groups in total. The third-order valence-corrected chi connectivity index (χ3v) is 9.72. The first kappa shape index (κ1) is 27.3. The molecule has 1 aromatic carbocycles. The molecule has 5 aliphatic rings. The van der Waals surface area contributed by atoms with E-state index in [-0.39, 0.29) is 29.8 Å². The Balaban J connectivity index is 1.29. The van der Waals surface area contributed by atoms with Crippen molar-refractivity contribution in [3.8, 4) is 5.75 Å². The molecule has 216 valence electrons. The summed E-state index contributed by atoms with van der Waals surface area (Å²) in [4.78, 5) is 44.1. The largest absolute Gasteiger partial charge is 0.494 e. The van der Waals surface area contributed by atoms with E-state index in [0.717, 1.165) is 70.0 Å². The normalized spacial score (nSPS) is 32.4. The van der Waals surface area contributed by atoms with E-state index in [1.54, 1.807) is 12.1 Å². The zero-order valence-electron chi connectivity index (χ0n) is 23.6. The Kier molecular flexibility index (Phi) is 7.89. The van der Waals surface area contributed by atoms with Crippen LogP contribution in [0.2, 0.25) is 0 Å². The Hall–Kier alpha value is -2.87. The van der Waals surface area contributed by atoms with Gasteiger partial charge in [0.25, 0.3) is 0 Å². The van der Waals surface area contributed by atoms with Gasteiger partial charge in [-0.25, -0.2) is 0 Å². The first-order valence-electron chi connectivity index (χ1n) is 15.6. The quantitative estimate of drug-likeness (QED) is 0.479. The smallest absolute Gasteiger partial charge is 0.246 e. The number of nitrogens with zero attached hydrogens (tertiary/aromatic N) is 1. The van der Waals surface area contributed by atoms with E-state index in [2.05, 4.69) is 10.6 Å². The van der Waals surface area contributed by atoms with Crippen molar-refractivity contribution < 1.29 is 23.9 Å². The highest BCUT2D eigenvalue weighted by Crippen LogP contribution is 2.56. The van der Waals surface area contributed by atoms with Crippen molar-refractivity contribution in [1.29, 1.82) is 0 Å². The minimum atomic E-state index is -1.11. The lowest BCUT2D eigenvalue weighted by Crippen LogP contribution is -2.58. The summed E-state index contributed by atoms with van der Waals surface area (Å²) in [6, 6.07) is 6.62. The number of likely N-dealkylation sites (tertiary alicyclic amines) is 1. The van der Waals surface area contributed by atoms with E-state index >= 15 is 0 Å². The van der Waals surface area contributed by atoms with Crippen LogP contribution < -0.4 is 15.4 Å². The number of ether oxygens (including phenoxy) is 2. The number of hydrogen-bond acceptors (Lipinski definition) is 5. The van der Waals surface area contributed by atoms with Gasteiger partial charge in [-0.05, 0) is 56.9 Å². The van der Waals surface area contributed by atoms with Gasteiger partial charge >= 0.3 is 0 Å². The predicted octanol–water partition coefficient (Wildman–Crippen LogP) is 4.74. The summed E-state index contributed by atoms with van der Waals surface area (Å²) in [6.07, 6.45) is 16.1. The third-order valence-electron chi connectivity index (χ3n) is 9.72. The van der Waals surface area contributed by atoms with Gasteiger partial charge in [0, 0.05) is 17.8 Å². The lowest BCUT2D eigenvalue weighted by Gasteiger charge is -2.38. The van der Waals surface area contributed by atoms with E-state index in [1.165, 1.54) is 12.8 Å². The van der Waals surface area contributed by atoms with Gasteiger partial charge in [-0.2, -0.15) is 0 Å². The summed E-state index contributed by atoms with van der Waals surface area (Å²) in [5.41, 5.74) is -0.466. The van der Waals surface area contributed by atoms with Gasteiger partial charge in [0.2, 0.25) is 17.7 Å². The van der Waals surface area contributed by atoms with Crippen molar-refractivity contribution in [2.24, 2.45) is 11.8 Å². The SMILES string of the molecule is CCOc1ccc(NC(=O)[C@@H]2[C@@H]3C=C[C@]4(O3)[C@@H]2C(=O)N(C2CCCCCCC2)[C@H]4C(=O)NC2CCCCC2)cc1. The van der Waals surface area contributed by atoms with E-state index < -0.39 is 29.6 Å². The zero-order valence-corrected chi connectivity index (χ0v) is 23.6. The highest BCUT2D eigenvalue weighted by Gasteiger charge is 2.73. The summed E-state index contributed by atoms with van der Waals surface area (Å²) in [5, 5.41) is 6.32. The molecule has 8 nitrogen and oxygen atoms in total. The van der Waals surface area contributed by atoms with Crippen LogP contribution in [0.3, 0.4) is 0 Å². The Bertz CT molecular complexity index is 1120. The summed E-state index contributed by atoms with van der Waals surface area (Å²) in [7, 11) is 0. The van der Waals surface area contributed by atoms with Crippen molar-refractivity contribution in [2.75, 3.05) is 11.9 Å². The van der Waals surface area contributed by atoms with Crippen LogP contribution in [0.25, 0.3) is 0 Å². The van der Waals surface area contributed by atoms with Crippen molar-refractivity contribution in [3.05, 3.63) is 36.4 Å². The van der Waals surface area contributed by atoms with Crippen molar-refractivity contribution in [2.45, 2.75) is 114 Å². The topological polar surface area (TPSA) is 97.0 Å². The molecule has 3 amide bonds. The number of rotatable bonds is 7. The molecule has 4 fully saturated rings. The molecular weight excluding hydrogens is 506 g/mol. The second kappa shape index (κ2) is 11.6. The van der Waals surface area contributed by atoms with Gasteiger partial charge in [-0.1, -0.05) is 63.5 Å². The van der Waals surface area contributed by atoms with Crippen LogP contribution in [0.5, 0.6) is 5.75 Å². The summed E-state index contributed by atoms with van der Waals surface area (Å²) in [6.45, 7) is 2.49. The second-order valence-electron chi connectivity index (χ2n) is 12.2. The summed E-state index contributed by atoms with van der Waals surface area (Å²) in [5.74, 6) is -1.14. The van der Waals surface area contributed by atoms with Crippen LogP contribution >= 0.6 is 0 Å². The Morgan fingerprint density at radius 2 is 1.60 bits per heavy atom. The van der Waals surface area contributed by atoms with Crippen LogP contribution in [0.15, 0.2) is 36.4 Å². The molecule has 1 spiro atoms. The minimum absolute atomic E-state index is 0.0132. The van der Waals surface area contributed by atoms with Crippen LogP contribution in [-0.4, -0.2) is 59.1 Å². The fraction of sp³-hybridized carbons (Fsp3) is 0.656. The first-order chi connectivity index (χ1) is 19.5. The molecule has 8 heteroatoms. The highest BCUT2D eigenvalue weighted by atomic mass is 16.5. The van der Waals surface area contributed by atoms with Gasteiger partial charge in [-0.3, -0.25) is 14.4 Å². The summed E-state index contributed by atoms with van der Waals surface area (Å²) < 4.78 is 12.1. The average molecular weight is 550 g/mol. The van der Waals surface area contributed by atoms with Crippen molar-refractivity contribution in [3.63, 3.8) is 0 Å². The number of hydrogen-bond donors (Lipinski definition) is 2. The van der Waals surface area contributed by atoms with E-state index in [9.17, 15) is 14.4 Å². The van der Waals surface area contributed by atoms with Crippen molar-refractivity contribution >= 4 is 23.4 Å². The van der Waals surface area contributed by atoms with Gasteiger partial charge < -0.3 is 25.0 Å². The number of carbonyl (C=O) groups is 3. The molecule has 0 radical (unpaired) electrons. The molecule has 1 aromatic rings. The molecule has 3 heterocycles. The van der Waals surface area contributed by atoms with Crippen LogP contribution in [0.4, 0.5) is 5.69 Å². The summed E-state index contributed by atoms with van der Waals surface area (Å²) >= 11 is 0. The lowest BCUT2D eigenvalue weighted by atomic mass is 9.74. The number of nitrogens with one attached hydrogen (secondary N) is 2. The molecule has 0 unspecified atom stereocenters. The average Bonchev–Trinajstić information content (AvgIpc) is 3.58. The molecule has 2 aliphatic carbocycles. The maximum Gasteiger partial charge on any atom is 0.246 e. The van der Waals surface area contributed by atoms with E-state index in [1.807, 2.05) is 36.1 Å².